The lowest BCUT2D eigenvalue weighted by atomic mass is 9.93. The molecule has 37 heavy (non-hydrogen) atoms. The molecule has 0 aromatic heterocycles. The minimum Gasteiger partial charge on any atom is -0.491 e. The average molecular weight is 526 g/mol. The summed E-state index contributed by atoms with van der Waals surface area (Å²) in [5.74, 6) is -1.95. The summed E-state index contributed by atoms with van der Waals surface area (Å²) in [6.07, 6.45) is 7.09. The Hall–Kier alpha value is -3.73. The van der Waals surface area contributed by atoms with Crippen molar-refractivity contribution in [2.24, 2.45) is 11.1 Å². The fraction of sp³-hybridized carbons (Fsp3) is 0.259. The second-order valence-electron chi connectivity index (χ2n) is 7.75. The third kappa shape index (κ3) is 7.88. The second-order valence-corrected chi connectivity index (χ2v) is 8.97. The number of ketones is 1. The minimum atomic E-state index is -0.674. The maximum absolute atomic E-state index is 13.2. The van der Waals surface area contributed by atoms with E-state index in [0.29, 0.717) is 16.2 Å². The van der Waals surface area contributed by atoms with Gasteiger partial charge in [0.25, 0.3) is 0 Å². The number of carbonyl (C=O) groups excluding carboxylic acids is 3. The lowest BCUT2D eigenvalue weighted by molar-refractivity contribution is -0.115. The van der Waals surface area contributed by atoms with Crippen LogP contribution in [-0.2, 0) is 14.4 Å². The molecule has 0 spiro atoms. The van der Waals surface area contributed by atoms with E-state index in [1.54, 1.807) is 60.7 Å². The Labute approximate surface area is 218 Å². The maximum Gasteiger partial charge on any atom is 0.365 e. The highest BCUT2D eigenvalue weighted by Gasteiger charge is 2.30. The van der Waals surface area contributed by atoms with Crippen LogP contribution in [0.1, 0.15) is 27.6 Å². The smallest absolute Gasteiger partial charge is 0.365 e. The summed E-state index contributed by atoms with van der Waals surface area (Å²) in [6, 6.07) is 13.1. The lowest BCUT2D eigenvalue weighted by Gasteiger charge is -2.23. The summed E-state index contributed by atoms with van der Waals surface area (Å²) in [7, 11) is 0. The van der Waals surface area contributed by atoms with Gasteiger partial charge in [0.05, 0.1) is 30.3 Å². The number of thioether (sulfide) groups is 1. The van der Waals surface area contributed by atoms with E-state index in [4.69, 9.17) is 24.5 Å². The molecule has 2 unspecified atom stereocenters. The van der Waals surface area contributed by atoms with Crippen LogP contribution in [-0.4, -0.2) is 65.3 Å². The Morgan fingerprint density at radius 1 is 0.946 bits per heavy atom. The molecule has 0 amide bonds. The number of carbonyl (C=O) groups is 3. The van der Waals surface area contributed by atoms with E-state index >= 15 is 0 Å². The summed E-state index contributed by atoms with van der Waals surface area (Å²) < 4.78 is 10.5. The molecule has 0 heterocycles. The number of oxime groups is 1. The Morgan fingerprint density at radius 3 is 2.41 bits per heavy atom. The molecule has 0 bridgehead atoms. The summed E-state index contributed by atoms with van der Waals surface area (Å²) in [5, 5.41) is 21.4. The fourth-order valence-corrected chi connectivity index (χ4v) is 4.59. The summed E-state index contributed by atoms with van der Waals surface area (Å²) in [6.45, 7) is 0.840. The maximum atomic E-state index is 13.2. The number of aliphatic hydroxyl groups excluding tert-OH is 2. The number of nitrogens with zero attached hydrogens (tertiary/aromatic N) is 1. The zero-order chi connectivity index (χ0) is 26.6. The Morgan fingerprint density at radius 2 is 1.68 bits per heavy atom. The van der Waals surface area contributed by atoms with Crippen molar-refractivity contribution in [2.45, 2.75) is 17.1 Å². The largest absolute Gasteiger partial charge is 0.491 e. The number of esters is 1. The number of benzene rings is 2. The molecule has 0 radical (unpaired) electrons. The van der Waals surface area contributed by atoms with Gasteiger partial charge < -0.3 is 24.5 Å². The zero-order valence-electron chi connectivity index (χ0n) is 20.1. The van der Waals surface area contributed by atoms with E-state index in [2.05, 4.69) is 5.16 Å². The molecule has 2 aromatic rings. The van der Waals surface area contributed by atoms with E-state index in [-0.39, 0.29) is 43.5 Å². The van der Waals surface area contributed by atoms with Gasteiger partial charge in [0.2, 0.25) is 0 Å². The number of allylic oxidation sites excluding steroid dienone is 3. The van der Waals surface area contributed by atoms with Crippen molar-refractivity contribution in [1.29, 1.82) is 0 Å². The van der Waals surface area contributed by atoms with E-state index in [1.807, 2.05) is 6.08 Å². The predicted molar refractivity (Wildman–Crippen MR) is 138 cm³/mol. The Kier molecular flexibility index (Phi) is 10.6. The molecule has 0 fully saturated rings. The molecule has 2 atom stereocenters. The molecule has 0 aliphatic heterocycles. The van der Waals surface area contributed by atoms with Gasteiger partial charge in [0.1, 0.15) is 24.7 Å². The van der Waals surface area contributed by atoms with E-state index in [0.717, 1.165) is 0 Å². The van der Waals surface area contributed by atoms with Gasteiger partial charge in [-0.3, -0.25) is 4.79 Å². The molecule has 3 rings (SSSR count). The van der Waals surface area contributed by atoms with Crippen molar-refractivity contribution >= 4 is 35.2 Å². The first-order chi connectivity index (χ1) is 17.9. The van der Waals surface area contributed by atoms with Gasteiger partial charge in [0.15, 0.2) is 5.78 Å². The SMILES string of the molecule is C/C(=N\OC(=O)c1ccccc1)C(=O)C1C=CC=CC1Sc1ccc(OCCO)cc1C(=O)OCCO. The van der Waals surface area contributed by atoms with Gasteiger partial charge in [-0.25, -0.2) is 9.59 Å². The molecule has 10 heteroatoms. The van der Waals surface area contributed by atoms with Gasteiger partial charge >= 0.3 is 11.9 Å². The number of Topliss-reactive ketones (excluding diaryl/α,β-unsaturated/α-hetero) is 1. The number of hydrogen-bond acceptors (Lipinski definition) is 10. The molecule has 2 N–H and O–H groups in total. The van der Waals surface area contributed by atoms with Crippen LogP contribution >= 0.6 is 11.8 Å². The number of ether oxygens (including phenoxy) is 2. The highest BCUT2D eigenvalue weighted by molar-refractivity contribution is 8.00. The normalized spacial score (nSPS) is 16.8. The van der Waals surface area contributed by atoms with Crippen molar-refractivity contribution in [3.05, 3.63) is 84.0 Å². The van der Waals surface area contributed by atoms with Gasteiger partial charge in [-0.05, 0) is 37.3 Å². The first-order valence-corrected chi connectivity index (χ1v) is 12.3. The Balaban J connectivity index is 1.78. The van der Waals surface area contributed by atoms with E-state index in [1.165, 1.54) is 24.8 Å². The topological polar surface area (TPSA) is 132 Å². The van der Waals surface area contributed by atoms with Crippen molar-refractivity contribution in [3.63, 3.8) is 0 Å². The highest BCUT2D eigenvalue weighted by atomic mass is 32.2. The van der Waals surface area contributed by atoms with Crippen LogP contribution in [0, 0.1) is 5.92 Å². The van der Waals surface area contributed by atoms with Gasteiger partial charge in [0, 0.05) is 10.1 Å². The summed E-state index contributed by atoms with van der Waals surface area (Å²) >= 11 is 1.27. The molecule has 1 aliphatic rings. The number of hydrogen-bond donors (Lipinski definition) is 2. The second kappa shape index (κ2) is 14.1. The van der Waals surface area contributed by atoms with E-state index < -0.39 is 23.1 Å². The first-order valence-electron chi connectivity index (χ1n) is 11.5. The van der Waals surface area contributed by atoms with Crippen LogP contribution in [0.15, 0.2) is 82.9 Å². The van der Waals surface area contributed by atoms with Gasteiger partial charge in [-0.1, -0.05) is 47.7 Å². The van der Waals surface area contributed by atoms with Crippen molar-refractivity contribution in [3.8, 4) is 5.75 Å². The van der Waals surface area contributed by atoms with Crippen LogP contribution in [0.3, 0.4) is 0 Å². The van der Waals surface area contributed by atoms with Crippen LogP contribution < -0.4 is 4.74 Å². The van der Waals surface area contributed by atoms with Gasteiger partial charge in [-0.15, -0.1) is 11.8 Å². The molecule has 1 aliphatic carbocycles. The summed E-state index contributed by atoms with van der Waals surface area (Å²) in [4.78, 5) is 43.5. The standard InChI is InChI=1S/C27H27NO8S/c1-18(28-36-26(32)19-7-3-2-4-8-19)25(31)21-9-5-6-10-23(21)37-24-12-11-20(34-15-13-29)17-22(24)27(33)35-16-14-30/h2-12,17,21,23,29-30H,13-16H2,1H3/b28-18+. The highest BCUT2D eigenvalue weighted by Crippen LogP contribution is 2.36. The molecule has 194 valence electrons. The van der Waals surface area contributed by atoms with Gasteiger partial charge in [-0.2, -0.15) is 0 Å². The molecular formula is C27H27NO8S. The third-order valence-electron chi connectivity index (χ3n) is 5.14. The fourth-order valence-electron chi connectivity index (χ4n) is 3.35. The van der Waals surface area contributed by atoms with Crippen molar-refractivity contribution < 1.29 is 38.9 Å². The monoisotopic (exact) mass is 525 g/mol. The molecule has 0 saturated carbocycles. The minimum absolute atomic E-state index is 0.0233. The lowest BCUT2D eigenvalue weighted by Crippen LogP contribution is -2.29. The molecular weight excluding hydrogens is 498 g/mol. The molecule has 0 saturated heterocycles. The van der Waals surface area contributed by atoms with Crippen molar-refractivity contribution in [1.82, 2.24) is 0 Å². The zero-order valence-corrected chi connectivity index (χ0v) is 20.9. The predicted octanol–water partition coefficient (Wildman–Crippen LogP) is 3.21. The average Bonchev–Trinajstić information content (AvgIpc) is 2.94. The van der Waals surface area contributed by atoms with Crippen LogP contribution in [0.5, 0.6) is 5.75 Å². The first kappa shape index (κ1) is 27.9. The number of rotatable bonds is 12. The van der Waals surface area contributed by atoms with Crippen molar-refractivity contribution in [2.75, 3.05) is 26.4 Å². The quantitative estimate of drug-likeness (QED) is 0.186. The third-order valence-corrected chi connectivity index (χ3v) is 6.47. The Bertz CT molecular complexity index is 1190. The molecule has 2 aromatic carbocycles. The van der Waals surface area contributed by atoms with Crippen LogP contribution in [0.25, 0.3) is 0 Å². The summed E-state index contributed by atoms with van der Waals surface area (Å²) in [5.41, 5.74) is 0.535. The molecule has 9 nitrogen and oxygen atoms in total. The number of aliphatic hydroxyl groups is 2. The van der Waals surface area contributed by atoms with E-state index in [9.17, 15) is 14.4 Å². The van der Waals surface area contributed by atoms with Crippen LogP contribution in [0.4, 0.5) is 0 Å². The van der Waals surface area contributed by atoms with Crippen LogP contribution in [0.2, 0.25) is 0 Å².